The molecule has 0 radical (unpaired) electrons. The van der Waals surface area contributed by atoms with Gasteiger partial charge in [0.2, 0.25) is 0 Å². The summed E-state index contributed by atoms with van der Waals surface area (Å²) in [5.41, 5.74) is -0.0307. The fourth-order valence-electron chi connectivity index (χ4n) is 0.793. The third-order valence-electron chi connectivity index (χ3n) is 2.82. The normalized spacial score (nSPS) is 12.0. The molecule has 1 heterocycles. The Kier molecular flexibility index (Phi) is 5.16. The van der Waals surface area contributed by atoms with Crippen molar-refractivity contribution in [3.05, 3.63) is 18.0 Å². The van der Waals surface area contributed by atoms with Crippen molar-refractivity contribution in [2.45, 2.75) is 45.8 Å². The Balaban J connectivity index is 0.000000288. The van der Waals surface area contributed by atoms with Crippen LogP contribution in [-0.2, 0) is 11.8 Å². The molecule has 0 spiro atoms. The Morgan fingerprint density at radius 2 is 1.81 bits per heavy atom. The van der Waals surface area contributed by atoms with Crippen molar-refractivity contribution in [2.75, 3.05) is 7.11 Å². The molecule has 0 aliphatic heterocycles. The van der Waals surface area contributed by atoms with Gasteiger partial charge in [-0.05, 0) is 40.2 Å². The second kappa shape index (κ2) is 5.46. The molecule has 94 valence electrons. The fraction of sp³-hybridized carbons (Fsp3) is 0.750. The lowest BCUT2D eigenvalue weighted by molar-refractivity contribution is -0.129. The molecular formula is C12H24N2O2. The van der Waals surface area contributed by atoms with Gasteiger partial charge in [0.25, 0.3) is 0 Å². The lowest BCUT2D eigenvalue weighted by Gasteiger charge is -2.35. The van der Waals surface area contributed by atoms with Crippen molar-refractivity contribution in [1.82, 2.24) is 9.78 Å². The van der Waals surface area contributed by atoms with E-state index in [0.717, 1.165) is 0 Å². The summed E-state index contributed by atoms with van der Waals surface area (Å²) >= 11 is 0. The Labute approximate surface area is 98.2 Å². The SMILES string of the molecule is COC(C)(C)C(C)(C)O.Cc1cnn(C)c1. The first kappa shape index (κ1) is 15.1. The van der Waals surface area contributed by atoms with E-state index in [2.05, 4.69) is 5.10 Å². The molecule has 1 aromatic heterocycles. The standard InChI is InChI=1S/C7H16O2.C5H8N2/c1-6(2,8)7(3,4)9-5;1-5-3-6-7(2)4-5/h8H,1-5H3;3-4H,1-2H3. The number of nitrogens with zero attached hydrogens (tertiary/aromatic N) is 2. The summed E-state index contributed by atoms with van der Waals surface area (Å²) in [5, 5.41) is 13.4. The number of aryl methyl sites for hydroxylation is 2. The molecule has 0 saturated heterocycles. The van der Waals surface area contributed by atoms with E-state index in [9.17, 15) is 5.11 Å². The minimum absolute atomic E-state index is 0.465. The van der Waals surface area contributed by atoms with Gasteiger partial charge in [-0.1, -0.05) is 0 Å². The zero-order chi connectivity index (χ0) is 13.0. The minimum atomic E-state index is -0.776. The molecule has 16 heavy (non-hydrogen) atoms. The molecule has 0 atom stereocenters. The summed E-state index contributed by atoms with van der Waals surface area (Å²) in [7, 11) is 3.50. The van der Waals surface area contributed by atoms with E-state index in [1.54, 1.807) is 25.6 Å². The average Bonchev–Trinajstić information content (AvgIpc) is 2.49. The smallest absolute Gasteiger partial charge is 0.0902 e. The van der Waals surface area contributed by atoms with Gasteiger partial charge in [0.1, 0.15) is 0 Å². The van der Waals surface area contributed by atoms with Crippen LogP contribution in [0, 0.1) is 6.92 Å². The van der Waals surface area contributed by atoms with Crippen LogP contribution in [0.4, 0.5) is 0 Å². The molecule has 0 aliphatic rings. The minimum Gasteiger partial charge on any atom is -0.387 e. The molecule has 1 N–H and O–H groups in total. The van der Waals surface area contributed by atoms with Crippen LogP contribution in [0.1, 0.15) is 33.3 Å². The Hall–Kier alpha value is -0.870. The number of methoxy groups -OCH3 is 1. The monoisotopic (exact) mass is 228 g/mol. The first-order valence-corrected chi connectivity index (χ1v) is 5.33. The zero-order valence-electron chi connectivity index (χ0n) is 11.4. The number of hydrogen-bond acceptors (Lipinski definition) is 3. The Morgan fingerprint density at radius 3 is 1.88 bits per heavy atom. The van der Waals surface area contributed by atoms with Crippen LogP contribution in [0.5, 0.6) is 0 Å². The third-order valence-corrected chi connectivity index (χ3v) is 2.82. The van der Waals surface area contributed by atoms with Crippen LogP contribution < -0.4 is 0 Å². The molecule has 0 aromatic carbocycles. The molecule has 0 unspecified atom stereocenters. The average molecular weight is 228 g/mol. The number of ether oxygens (including phenoxy) is 1. The molecule has 0 aliphatic carbocycles. The third kappa shape index (κ3) is 4.77. The van der Waals surface area contributed by atoms with E-state index in [0.29, 0.717) is 0 Å². The molecule has 0 saturated carbocycles. The van der Waals surface area contributed by atoms with Gasteiger partial charge in [-0.3, -0.25) is 4.68 Å². The van der Waals surface area contributed by atoms with Gasteiger partial charge in [-0.2, -0.15) is 5.10 Å². The molecule has 0 amide bonds. The van der Waals surface area contributed by atoms with Crippen molar-refractivity contribution < 1.29 is 9.84 Å². The van der Waals surface area contributed by atoms with E-state index in [4.69, 9.17) is 4.74 Å². The first-order chi connectivity index (χ1) is 7.10. The van der Waals surface area contributed by atoms with Crippen LogP contribution in [0.3, 0.4) is 0 Å². The summed E-state index contributed by atoms with van der Waals surface area (Å²) < 4.78 is 6.84. The highest BCUT2D eigenvalue weighted by atomic mass is 16.5. The highest BCUT2D eigenvalue weighted by Crippen LogP contribution is 2.23. The summed E-state index contributed by atoms with van der Waals surface area (Å²) in [5.74, 6) is 0. The second-order valence-electron chi connectivity index (χ2n) is 4.96. The highest BCUT2D eigenvalue weighted by molar-refractivity contribution is 4.98. The number of aliphatic hydroxyl groups is 1. The van der Waals surface area contributed by atoms with Gasteiger partial charge in [0.05, 0.1) is 17.4 Å². The summed E-state index contributed by atoms with van der Waals surface area (Å²) in [6.45, 7) is 9.19. The zero-order valence-corrected chi connectivity index (χ0v) is 11.4. The van der Waals surface area contributed by atoms with Crippen LogP contribution >= 0.6 is 0 Å². The molecule has 1 aromatic rings. The molecule has 0 bridgehead atoms. The molecule has 0 fully saturated rings. The molecule has 4 heteroatoms. The van der Waals surface area contributed by atoms with E-state index in [1.165, 1.54) is 5.56 Å². The Morgan fingerprint density at radius 1 is 1.31 bits per heavy atom. The van der Waals surface area contributed by atoms with Gasteiger partial charge >= 0.3 is 0 Å². The van der Waals surface area contributed by atoms with Gasteiger partial charge in [-0.15, -0.1) is 0 Å². The predicted molar refractivity (Wildman–Crippen MR) is 65.3 cm³/mol. The van der Waals surface area contributed by atoms with E-state index in [1.807, 2.05) is 40.2 Å². The summed E-state index contributed by atoms with van der Waals surface area (Å²) in [6, 6.07) is 0. The first-order valence-electron chi connectivity index (χ1n) is 5.33. The second-order valence-corrected chi connectivity index (χ2v) is 4.96. The summed E-state index contributed by atoms with van der Waals surface area (Å²) in [4.78, 5) is 0. The highest BCUT2D eigenvalue weighted by Gasteiger charge is 2.34. The quantitative estimate of drug-likeness (QED) is 0.841. The van der Waals surface area contributed by atoms with Crippen LogP contribution in [0.15, 0.2) is 12.4 Å². The number of hydrogen-bond donors (Lipinski definition) is 1. The van der Waals surface area contributed by atoms with Crippen LogP contribution in [0.2, 0.25) is 0 Å². The van der Waals surface area contributed by atoms with Crippen molar-refractivity contribution in [1.29, 1.82) is 0 Å². The van der Waals surface area contributed by atoms with E-state index >= 15 is 0 Å². The molecule has 4 nitrogen and oxygen atoms in total. The van der Waals surface area contributed by atoms with Crippen molar-refractivity contribution in [3.63, 3.8) is 0 Å². The number of rotatable bonds is 2. The van der Waals surface area contributed by atoms with Gasteiger partial charge < -0.3 is 9.84 Å². The maximum atomic E-state index is 9.42. The van der Waals surface area contributed by atoms with Crippen molar-refractivity contribution >= 4 is 0 Å². The Bertz CT molecular complexity index is 295. The molecule has 1 rings (SSSR count). The van der Waals surface area contributed by atoms with Crippen molar-refractivity contribution in [2.24, 2.45) is 7.05 Å². The lowest BCUT2D eigenvalue weighted by Crippen LogP contribution is -2.46. The topological polar surface area (TPSA) is 47.3 Å². The van der Waals surface area contributed by atoms with Crippen LogP contribution in [-0.4, -0.2) is 33.2 Å². The van der Waals surface area contributed by atoms with Gasteiger partial charge in [-0.25, -0.2) is 0 Å². The lowest BCUT2D eigenvalue weighted by atomic mass is 9.90. The van der Waals surface area contributed by atoms with Crippen molar-refractivity contribution in [3.8, 4) is 0 Å². The van der Waals surface area contributed by atoms with E-state index < -0.39 is 11.2 Å². The van der Waals surface area contributed by atoms with Gasteiger partial charge in [0, 0.05) is 20.4 Å². The molecular weight excluding hydrogens is 204 g/mol. The van der Waals surface area contributed by atoms with E-state index in [-0.39, 0.29) is 0 Å². The van der Waals surface area contributed by atoms with Gasteiger partial charge in [0.15, 0.2) is 0 Å². The maximum absolute atomic E-state index is 9.42. The predicted octanol–water partition coefficient (Wildman–Crippen LogP) is 1.91. The fourth-order valence-corrected chi connectivity index (χ4v) is 0.793. The number of aromatic nitrogens is 2. The van der Waals surface area contributed by atoms with Crippen LogP contribution in [0.25, 0.3) is 0 Å². The summed E-state index contributed by atoms with van der Waals surface area (Å²) in [6.07, 6.45) is 3.81. The maximum Gasteiger partial charge on any atom is 0.0902 e. The largest absolute Gasteiger partial charge is 0.387 e.